The van der Waals surface area contributed by atoms with Crippen molar-refractivity contribution >= 4 is 0 Å². The van der Waals surface area contributed by atoms with Crippen molar-refractivity contribution in [2.24, 2.45) is 11.7 Å². The average Bonchev–Trinajstić information content (AvgIpc) is 2.96. The van der Waals surface area contributed by atoms with E-state index in [1.165, 1.54) is 12.1 Å². The van der Waals surface area contributed by atoms with Crippen LogP contribution in [-0.4, -0.2) is 16.3 Å². The first kappa shape index (κ1) is 15.7. The summed E-state index contributed by atoms with van der Waals surface area (Å²) in [5.41, 5.74) is 8.08. The number of hydrogen-bond donors (Lipinski definition) is 1. The predicted octanol–water partition coefficient (Wildman–Crippen LogP) is 3.35. The van der Waals surface area contributed by atoms with Crippen LogP contribution in [0.2, 0.25) is 0 Å². The van der Waals surface area contributed by atoms with Gasteiger partial charge in [-0.05, 0) is 62.4 Å². The van der Waals surface area contributed by atoms with E-state index in [1.54, 1.807) is 0 Å². The van der Waals surface area contributed by atoms with Gasteiger partial charge in [0.1, 0.15) is 5.82 Å². The number of benzene rings is 1. The molecule has 2 atom stereocenters. The summed E-state index contributed by atoms with van der Waals surface area (Å²) in [6, 6.07) is 9.15. The lowest BCUT2D eigenvalue weighted by molar-refractivity contribution is 0.463. The van der Waals surface area contributed by atoms with Crippen LogP contribution in [0.25, 0.3) is 0 Å². The molecule has 0 saturated heterocycles. The second-order valence-electron chi connectivity index (χ2n) is 5.68. The fourth-order valence-electron chi connectivity index (χ4n) is 2.41. The quantitative estimate of drug-likeness (QED) is 0.849. The molecule has 0 spiro atoms. The van der Waals surface area contributed by atoms with Crippen molar-refractivity contribution in [1.82, 2.24) is 9.78 Å². The van der Waals surface area contributed by atoms with Crippen molar-refractivity contribution in [3.63, 3.8) is 0 Å². The fourth-order valence-corrected chi connectivity index (χ4v) is 2.41. The van der Waals surface area contributed by atoms with Crippen LogP contribution >= 0.6 is 0 Å². The van der Waals surface area contributed by atoms with Gasteiger partial charge >= 0.3 is 0 Å². The first-order valence-corrected chi connectivity index (χ1v) is 7.61. The van der Waals surface area contributed by atoms with Crippen molar-refractivity contribution in [1.29, 1.82) is 0 Å². The van der Waals surface area contributed by atoms with E-state index < -0.39 is 0 Å². The molecule has 21 heavy (non-hydrogen) atoms. The van der Waals surface area contributed by atoms with Crippen molar-refractivity contribution in [3.05, 3.63) is 53.6 Å². The Labute approximate surface area is 126 Å². The number of nitrogens with zero attached hydrogens (tertiary/aromatic N) is 2. The minimum absolute atomic E-state index is 0.199. The van der Waals surface area contributed by atoms with E-state index in [1.807, 2.05) is 23.0 Å². The Hall–Kier alpha value is -1.68. The average molecular weight is 289 g/mol. The molecule has 114 valence electrons. The third-order valence-corrected chi connectivity index (χ3v) is 3.97. The van der Waals surface area contributed by atoms with Crippen LogP contribution < -0.4 is 5.73 Å². The van der Waals surface area contributed by atoms with Crippen LogP contribution in [0, 0.1) is 11.7 Å². The molecule has 0 aliphatic heterocycles. The van der Waals surface area contributed by atoms with Crippen LogP contribution in [0.5, 0.6) is 0 Å². The molecular weight excluding hydrogens is 265 g/mol. The van der Waals surface area contributed by atoms with E-state index in [4.69, 9.17) is 5.73 Å². The highest BCUT2D eigenvalue weighted by atomic mass is 19.1. The third-order valence-electron chi connectivity index (χ3n) is 3.97. The van der Waals surface area contributed by atoms with E-state index in [0.717, 1.165) is 30.5 Å². The smallest absolute Gasteiger partial charge is 0.123 e. The molecule has 1 heterocycles. The first-order valence-electron chi connectivity index (χ1n) is 7.61. The standard InChI is InChI=1S/C17H24FN3/c1-3-13(2)21-9-8-17(20-21)11-15(12-19)10-14-4-6-16(18)7-5-14/h4-9,13,15H,3,10-12,19H2,1-2H3. The first-order chi connectivity index (χ1) is 10.1. The van der Waals surface area contributed by atoms with E-state index in [-0.39, 0.29) is 5.82 Å². The largest absolute Gasteiger partial charge is 0.330 e. The maximum absolute atomic E-state index is 12.9. The molecule has 1 aromatic carbocycles. The summed E-state index contributed by atoms with van der Waals surface area (Å²) >= 11 is 0. The predicted molar refractivity (Wildman–Crippen MR) is 83.6 cm³/mol. The van der Waals surface area contributed by atoms with Gasteiger partial charge in [0.25, 0.3) is 0 Å². The second-order valence-corrected chi connectivity index (χ2v) is 5.68. The summed E-state index contributed by atoms with van der Waals surface area (Å²) < 4.78 is 14.9. The van der Waals surface area contributed by atoms with Gasteiger partial charge in [0.2, 0.25) is 0 Å². The zero-order chi connectivity index (χ0) is 15.2. The lowest BCUT2D eigenvalue weighted by atomic mass is 9.95. The van der Waals surface area contributed by atoms with Gasteiger partial charge < -0.3 is 5.73 Å². The van der Waals surface area contributed by atoms with Crippen molar-refractivity contribution < 1.29 is 4.39 Å². The van der Waals surface area contributed by atoms with Gasteiger partial charge in [-0.3, -0.25) is 4.68 Å². The highest BCUT2D eigenvalue weighted by molar-refractivity contribution is 5.17. The normalized spacial score (nSPS) is 14.1. The van der Waals surface area contributed by atoms with Gasteiger partial charge in [-0.2, -0.15) is 5.10 Å². The van der Waals surface area contributed by atoms with Crippen LogP contribution in [0.3, 0.4) is 0 Å². The molecule has 0 radical (unpaired) electrons. The monoisotopic (exact) mass is 289 g/mol. The number of halogens is 1. The van der Waals surface area contributed by atoms with E-state index >= 15 is 0 Å². The van der Waals surface area contributed by atoms with Gasteiger partial charge in [0, 0.05) is 12.2 Å². The topological polar surface area (TPSA) is 43.8 Å². The molecule has 3 nitrogen and oxygen atoms in total. The Morgan fingerprint density at radius 2 is 1.90 bits per heavy atom. The van der Waals surface area contributed by atoms with E-state index in [0.29, 0.717) is 18.5 Å². The molecule has 0 aliphatic carbocycles. The molecule has 0 bridgehead atoms. The van der Waals surface area contributed by atoms with E-state index in [9.17, 15) is 4.39 Å². The highest BCUT2D eigenvalue weighted by Crippen LogP contribution is 2.15. The summed E-state index contributed by atoms with van der Waals surface area (Å²) in [5, 5.41) is 4.63. The third kappa shape index (κ3) is 4.39. The molecule has 0 aliphatic rings. The van der Waals surface area contributed by atoms with Crippen LogP contribution in [0.4, 0.5) is 4.39 Å². The molecular formula is C17H24FN3. The molecule has 0 amide bonds. The Bertz CT molecular complexity index is 547. The summed E-state index contributed by atoms with van der Waals surface area (Å²) in [6.45, 7) is 4.92. The van der Waals surface area contributed by atoms with Crippen molar-refractivity contribution in [2.45, 2.75) is 39.2 Å². The molecule has 1 aromatic heterocycles. The zero-order valence-electron chi connectivity index (χ0n) is 12.8. The van der Waals surface area contributed by atoms with Crippen molar-refractivity contribution in [2.75, 3.05) is 6.54 Å². The lowest BCUT2D eigenvalue weighted by Crippen LogP contribution is -2.20. The summed E-state index contributed by atoms with van der Waals surface area (Å²) in [6.07, 6.45) is 4.82. The maximum atomic E-state index is 12.9. The molecule has 2 rings (SSSR count). The Kier molecular flexibility index (Phi) is 5.51. The van der Waals surface area contributed by atoms with E-state index in [2.05, 4.69) is 25.0 Å². The number of hydrogen-bond acceptors (Lipinski definition) is 2. The maximum Gasteiger partial charge on any atom is 0.123 e. The van der Waals surface area contributed by atoms with Gasteiger partial charge in [0.05, 0.1) is 5.69 Å². The molecule has 0 saturated carbocycles. The summed E-state index contributed by atoms with van der Waals surface area (Å²) in [4.78, 5) is 0. The molecule has 2 N–H and O–H groups in total. The van der Waals surface area contributed by atoms with Crippen LogP contribution in [-0.2, 0) is 12.8 Å². The summed E-state index contributed by atoms with van der Waals surface area (Å²) in [7, 11) is 0. The molecule has 2 aromatic rings. The van der Waals surface area contributed by atoms with Gasteiger partial charge in [0.15, 0.2) is 0 Å². The van der Waals surface area contributed by atoms with Gasteiger partial charge in [-0.15, -0.1) is 0 Å². The SMILES string of the molecule is CCC(C)n1ccc(CC(CN)Cc2ccc(F)cc2)n1. The zero-order valence-corrected chi connectivity index (χ0v) is 12.8. The molecule has 2 unspecified atom stereocenters. The Balaban J connectivity index is 1.98. The minimum Gasteiger partial charge on any atom is -0.330 e. The lowest BCUT2D eigenvalue weighted by Gasteiger charge is -2.14. The van der Waals surface area contributed by atoms with Crippen molar-refractivity contribution in [3.8, 4) is 0 Å². The number of aromatic nitrogens is 2. The van der Waals surface area contributed by atoms with Crippen LogP contribution in [0.1, 0.15) is 37.6 Å². The molecule has 0 fully saturated rings. The van der Waals surface area contributed by atoms with Gasteiger partial charge in [-0.1, -0.05) is 19.1 Å². The second kappa shape index (κ2) is 7.36. The number of nitrogens with two attached hydrogens (primary N) is 1. The van der Waals surface area contributed by atoms with Crippen LogP contribution in [0.15, 0.2) is 36.5 Å². The minimum atomic E-state index is -0.199. The molecule has 4 heteroatoms. The highest BCUT2D eigenvalue weighted by Gasteiger charge is 2.12. The fraction of sp³-hybridized carbons (Fsp3) is 0.471. The Morgan fingerprint density at radius 1 is 1.19 bits per heavy atom. The number of rotatable bonds is 7. The van der Waals surface area contributed by atoms with Gasteiger partial charge in [-0.25, -0.2) is 4.39 Å². The Morgan fingerprint density at radius 3 is 2.52 bits per heavy atom. The summed E-state index contributed by atoms with van der Waals surface area (Å²) in [5.74, 6) is 0.131.